The molecule has 218 valence electrons. The van der Waals surface area contributed by atoms with Gasteiger partial charge in [-0.3, -0.25) is 5.10 Å². The molecule has 0 bridgehead atoms. The second kappa shape index (κ2) is 12.5. The predicted octanol–water partition coefficient (Wildman–Crippen LogP) is 6.18. The highest BCUT2D eigenvalue weighted by molar-refractivity contribution is 7.71. The van der Waals surface area contributed by atoms with Gasteiger partial charge in [0, 0.05) is 18.2 Å². The lowest BCUT2D eigenvalue weighted by atomic mass is 9.70. The first-order valence-corrected chi connectivity index (χ1v) is 12.9. The van der Waals surface area contributed by atoms with Crippen LogP contribution in [-0.4, -0.2) is 48.7 Å². The number of aromatic amines is 2. The van der Waals surface area contributed by atoms with Crippen LogP contribution in [0.15, 0.2) is 53.1 Å². The number of aliphatic carboxylic acids is 1. The number of H-pyrrole nitrogens is 2. The summed E-state index contributed by atoms with van der Waals surface area (Å²) < 4.78 is 58.0. The van der Waals surface area contributed by atoms with Crippen molar-refractivity contribution in [1.29, 1.82) is 0 Å². The summed E-state index contributed by atoms with van der Waals surface area (Å²) in [6, 6.07) is 12.9. The van der Waals surface area contributed by atoms with Gasteiger partial charge in [-0.1, -0.05) is 18.2 Å². The van der Waals surface area contributed by atoms with Gasteiger partial charge in [0.25, 0.3) is 4.84 Å². The summed E-state index contributed by atoms with van der Waals surface area (Å²) in [5, 5.41) is 24.3. The minimum atomic E-state index is -5.08. The molecule has 1 aliphatic carbocycles. The monoisotopic (exact) mass is 594 g/mol. The number of aryl methyl sites for hydroxylation is 1. The summed E-state index contributed by atoms with van der Waals surface area (Å²) in [5.74, 6) is -0.707. The molecule has 1 saturated carbocycles. The lowest BCUT2D eigenvalue weighted by Crippen LogP contribution is -2.38. The molecule has 0 aliphatic heterocycles. The first kappa shape index (κ1) is 29.7. The average molecular weight is 595 g/mol. The van der Waals surface area contributed by atoms with E-state index in [1.165, 1.54) is 0 Å². The molecule has 10 nitrogen and oxygen atoms in total. The van der Waals surface area contributed by atoms with Crippen molar-refractivity contribution >= 4 is 29.8 Å². The number of nitrogens with one attached hydrogen (secondary N) is 3. The van der Waals surface area contributed by atoms with E-state index in [1.54, 1.807) is 25.3 Å². The molecule has 1 aromatic carbocycles. The van der Waals surface area contributed by atoms with Gasteiger partial charge in [-0.2, -0.15) is 18.3 Å². The fourth-order valence-electron chi connectivity index (χ4n) is 4.53. The van der Waals surface area contributed by atoms with Crippen molar-refractivity contribution in [3.8, 4) is 5.75 Å². The van der Waals surface area contributed by atoms with Gasteiger partial charge < -0.3 is 19.6 Å². The number of aromatic nitrogens is 5. The Morgan fingerprint density at radius 2 is 1.90 bits per heavy atom. The Morgan fingerprint density at radius 3 is 2.51 bits per heavy atom. The summed E-state index contributed by atoms with van der Waals surface area (Å²) >= 11 is 5.15. The summed E-state index contributed by atoms with van der Waals surface area (Å²) in [7, 11) is 0. The molecule has 0 atom stereocenters. The number of pyridine rings is 1. The van der Waals surface area contributed by atoms with Crippen LogP contribution in [0.1, 0.15) is 42.8 Å². The molecule has 4 aromatic rings. The number of rotatable bonds is 7. The number of benzene rings is 1. The number of halogens is 4. The molecular formula is C26H26F4N6O4S. The van der Waals surface area contributed by atoms with Crippen LogP contribution in [0, 0.1) is 17.6 Å². The van der Waals surface area contributed by atoms with E-state index in [0.29, 0.717) is 29.4 Å². The van der Waals surface area contributed by atoms with Crippen LogP contribution < -0.4 is 10.1 Å². The van der Waals surface area contributed by atoms with Crippen LogP contribution in [0.2, 0.25) is 0 Å². The largest absolute Gasteiger partial charge is 0.490 e. The Kier molecular flexibility index (Phi) is 9.05. The van der Waals surface area contributed by atoms with Crippen LogP contribution >= 0.6 is 12.2 Å². The maximum atomic E-state index is 14.5. The van der Waals surface area contributed by atoms with Crippen molar-refractivity contribution in [2.24, 2.45) is 0 Å². The zero-order valence-corrected chi connectivity index (χ0v) is 22.5. The van der Waals surface area contributed by atoms with E-state index in [0.717, 1.165) is 37.2 Å². The Balaban J connectivity index is 0.000000493. The minimum Gasteiger partial charge on any atom is -0.487 e. The first-order chi connectivity index (χ1) is 19.4. The Bertz CT molecular complexity index is 1510. The molecule has 41 heavy (non-hydrogen) atoms. The molecule has 1 aliphatic rings. The van der Waals surface area contributed by atoms with Gasteiger partial charge in [0.1, 0.15) is 11.6 Å². The van der Waals surface area contributed by atoms with Crippen LogP contribution in [0.5, 0.6) is 5.75 Å². The number of hydrogen-bond acceptors (Lipinski definition) is 8. The van der Waals surface area contributed by atoms with Gasteiger partial charge >= 0.3 is 12.1 Å². The number of nitrogens with zero attached hydrogens (tertiary/aromatic N) is 3. The van der Waals surface area contributed by atoms with Crippen molar-refractivity contribution in [2.75, 3.05) is 5.32 Å². The summed E-state index contributed by atoms with van der Waals surface area (Å²) in [6.07, 6.45) is 0.0779. The highest BCUT2D eigenvalue weighted by Gasteiger charge is 2.42. The van der Waals surface area contributed by atoms with E-state index < -0.39 is 17.6 Å². The molecule has 0 radical (unpaired) electrons. The number of carbonyl (C=O) groups is 1. The summed E-state index contributed by atoms with van der Waals surface area (Å²) in [4.78, 5) is 13.9. The van der Waals surface area contributed by atoms with E-state index in [1.807, 2.05) is 30.3 Å². The lowest BCUT2D eigenvalue weighted by molar-refractivity contribution is -0.192. The van der Waals surface area contributed by atoms with Crippen molar-refractivity contribution in [3.63, 3.8) is 0 Å². The van der Waals surface area contributed by atoms with Gasteiger partial charge in [-0.15, -0.1) is 5.10 Å². The van der Waals surface area contributed by atoms with Crippen LogP contribution in [0.4, 0.5) is 29.2 Å². The fourth-order valence-corrected chi connectivity index (χ4v) is 4.66. The van der Waals surface area contributed by atoms with Crippen molar-refractivity contribution < 1.29 is 36.6 Å². The van der Waals surface area contributed by atoms with Crippen LogP contribution in [0.25, 0.3) is 0 Å². The van der Waals surface area contributed by atoms with Gasteiger partial charge in [0.05, 0.1) is 17.7 Å². The molecule has 1 fully saturated rings. The number of anilines is 2. The van der Waals surface area contributed by atoms with E-state index in [9.17, 15) is 17.6 Å². The third-order valence-corrected chi connectivity index (χ3v) is 6.74. The van der Waals surface area contributed by atoms with Crippen molar-refractivity contribution in [1.82, 2.24) is 25.4 Å². The number of hydrogen-bond donors (Lipinski definition) is 4. The lowest BCUT2D eigenvalue weighted by Gasteiger charge is -2.37. The van der Waals surface area contributed by atoms with Crippen LogP contribution in [-0.2, 0) is 16.6 Å². The zero-order valence-electron chi connectivity index (χ0n) is 21.7. The SMILES string of the molecule is Cc1cccc(OC2CCC(Cc3cccc(Nc4ccn[nH]4)n3)(c3n[nH]c(=S)o3)CC2)c1F.O=C(O)C(F)(F)F. The summed E-state index contributed by atoms with van der Waals surface area (Å²) in [6.45, 7) is 1.74. The van der Waals surface area contributed by atoms with Gasteiger partial charge in [-0.05, 0) is 68.6 Å². The third-order valence-electron chi connectivity index (χ3n) is 6.56. The number of ether oxygens (including phenoxy) is 1. The standard InChI is InChI=1S/C24H25FN6O2S.C2HF3O2/c1-15-4-2-6-18(21(15)25)32-17-8-11-24(12-9-17,22-30-31-23(34)33-22)14-16-5-3-7-19(27-16)28-20-10-13-26-29-20;3-2(4,5)1(6)7/h2-7,10,13,17H,8-9,11-12,14H2,1H3,(H,31,34)(H2,26,27,28,29);(H,6,7). The maximum Gasteiger partial charge on any atom is 0.490 e. The zero-order chi connectivity index (χ0) is 29.6. The molecule has 0 saturated heterocycles. The van der Waals surface area contributed by atoms with Gasteiger partial charge in [0.2, 0.25) is 5.89 Å². The molecule has 3 aromatic heterocycles. The average Bonchev–Trinajstić information content (AvgIpc) is 3.60. The van der Waals surface area contributed by atoms with Gasteiger partial charge in [0.15, 0.2) is 11.6 Å². The minimum absolute atomic E-state index is 0.0901. The molecule has 0 unspecified atom stereocenters. The van der Waals surface area contributed by atoms with Crippen LogP contribution in [0.3, 0.4) is 0 Å². The Labute approximate surface area is 236 Å². The highest BCUT2D eigenvalue weighted by atomic mass is 32.1. The predicted molar refractivity (Wildman–Crippen MR) is 141 cm³/mol. The molecule has 0 amide bonds. The third kappa shape index (κ3) is 7.68. The molecule has 3 heterocycles. The second-order valence-electron chi connectivity index (χ2n) is 9.49. The van der Waals surface area contributed by atoms with E-state index in [4.69, 9.17) is 36.3 Å². The maximum absolute atomic E-state index is 14.5. The first-order valence-electron chi connectivity index (χ1n) is 12.5. The Hall–Kier alpha value is -4.27. The van der Waals surface area contributed by atoms with Crippen molar-refractivity contribution in [2.45, 2.75) is 56.7 Å². The Morgan fingerprint density at radius 1 is 1.20 bits per heavy atom. The fraction of sp³-hybridized carbons (Fsp3) is 0.346. The number of carboxylic acid groups (broad SMARTS) is 1. The van der Waals surface area contributed by atoms with E-state index in [-0.39, 0.29) is 16.8 Å². The van der Waals surface area contributed by atoms with E-state index in [2.05, 4.69) is 25.7 Å². The van der Waals surface area contributed by atoms with Crippen molar-refractivity contribution in [3.05, 3.63) is 76.5 Å². The van der Waals surface area contributed by atoms with Gasteiger partial charge in [-0.25, -0.2) is 19.3 Å². The normalized spacial score (nSPS) is 18.7. The topological polar surface area (TPSA) is 142 Å². The molecule has 5 rings (SSSR count). The highest BCUT2D eigenvalue weighted by Crippen LogP contribution is 2.42. The molecule has 0 spiro atoms. The quantitative estimate of drug-likeness (QED) is 0.146. The second-order valence-corrected chi connectivity index (χ2v) is 9.86. The molecular weight excluding hydrogens is 568 g/mol. The number of alkyl halides is 3. The smallest absolute Gasteiger partial charge is 0.487 e. The molecule has 15 heteroatoms. The molecule has 4 N–H and O–H groups in total. The van der Waals surface area contributed by atoms with E-state index >= 15 is 0 Å². The number of carboxylic acids is 1. The summed E-state index contributed by atoms with van der Waals surface area (Å²) in [5.41, 5.74) is 1.08.